The number of tetrazole rings is 1. The summed E-state index contributed by atoms with van der Waals surface area (Å²) in [6.07, 6.45) is 3.03. The average molecular weight is 636 g/mol. The summed E-state index contributed by atoms with van der Waals surface area (Å²) in [4.78, 5) is 81.3. The number of nitrogens with one attached hydrogen (secondary N) is 4. The Morgan fingerprint density at radius 1 is 1.11 bits per heavy atom. The Bertz CT molecular complexity index is 1210. The molecule has 0 bridgehead atoms. The van der Waals surface area contributed by atoms with Gasteiger partial charge in [-0.25, -0.2) is 14.5 Å². The van der Waals surface area contributed by atoms with Crippen LogP contribution in [0.15, 0.2) is 0 Å². The molecule has 17 nitrogen and oxygen atoms in total. The third-order valence-electron chi connectivity index (χ3n) is 7.93. The molecule has 6 amide bonds. The summed E-state index contributed by atoms with van der Waals surface area (Å²) in [7, 11) is 0. The van der Waals surface area contributed by atoms with E-state index in [9.17, 15) is 33.9 Å². The monoisotopic (exact) mass is 635 g/mol. The number of rotatable bonds is 13. The second-order valence-corrected chi connectivity index (χ2v) is 12.5. The van der Waals surface area contributed by atoms with Crippen LogP contribution < -0.4 is 16.0 Å². The molecule has 2 unspecified atom stereocenters. The van der Waals surface area contributed by atoms with Crippen molar-refractivity contribution in [3.63, 3.8) is 0 Å². The van der Waals surface area contributed by atoms with E-state index in [1.165, 1.54) is 4.90 Å². The smallest absolute Gasteiger partial charge is 0.408 e. The van der Waals surface area contributed by atoms with E-state index >= 15 is 0 Å². The Morgan fingerprint density at radius 2 is 1.80 bits per heavy atom. The van der Waals surface area contributed by atoms with Gasteiger partial charge in [0.05, 0.1) is 13.1 Å². The molecule has 1 aliphatic carbocycles. The standard InChI is InChI=1S/C28H45N9O8/c1-6-16(2)22(31-26(43)45-28(3,4)5)24(41)30-18(12-13-21(38)39)25(42)37-19(23(40)29-14-20-32-34-35-33-20)15-36(27(37)44)17-10-8-7-9-11-17/h16-19,22H,6-15H2,1-5H3,(H,29,40)(H,30,41)(H,31,43)(H,38,39)(H,32,33,34,35)/t16-,18?,19?,22-/m0/s1. The molecule has 1 saturated carbocycles. The zero-order valence-corrected chi connectivity index (χ0v) is 26.5. The van der Waals surface area contributed by atoms with Crippen molar-refractivity contribution in [3.05, 3.63) is 5.82 Å². The Kier molecular flexibility index (Phi) is 12.2. The first-order valence-electron chi connectivity index (χ1n) is 15.4. The molecule has 2 heterocycles. The first-order valence-corrected chi connectivity index (χ1v) is 15.4. The molecule has 250 valence electrons. The molecule has 1 saturated heterocycles. The molecule has 17 heteroatoms. The van der Waals surface area contributed by atoms with E-state index in [-0.39, 0.29) is 31.4 Å². The number of H-pyrrole nitrogens is 1. The number of urea groups is 1. The molecule has 0 radical (unpaired) electrons. The molecule has 4 atom stereocenters. The summed E-state index contributed by atoms with van der Waals surface area (Å²) in [5.41, 5.74) is -0.833. The number of aromatic amines is 1. The van der Waals surface area contributed by atoms with Gasteiger partial charge in [-0.1, -0.05) is 44.7 Å². The van der Waals surface area contributed by atoms with Gasteiger partial charge < -0.3 is 30.7 Å². The zero-order chi connectivity index (χ0) is 33.3. The first-order chi connectivity index (χ1) is 21.2. The van der Waals surface area contributed by atoms with Crippen molar-refractivity contribution >= 4 is 35.8 Å². The van der Waals surface area contributed by atoms with Crippen LogP contribution in [0.25, 0.3) is 0 Å². The Morgan fingerprint density at radius 3 is 2.38 bits per heavy atom. The van der Waals surface area contributed by atoms with E-state index in [2.05, 4.69) is 36.6 Å². The predicted molar refractivity (Wildman–Crippen MR) is 157 cm³/mol. The first kappa shape index (κ1) is 35.2. The number of imide groups is 1. The van der Waals surface area contributed by atoms with E-state index in [1.54, 1.807) is 27.7 Å². The minimum absolute atomic E-state index is 0.0669. The number of aromatic nitrogens is 4. The number of hydrogen-bond donors (Lipinski definition) is 5. The van der Waals surface area contributed by atoms with Crippen LogP contribution in [0.5, 0.6) is 0 Å². The maximum absolute atomic E-state index is 14.1. The number of alkyl carbamates (subject to hydrolysis) is 1. The summed E-state index contributed by atoms with van der Waals surface area (Å²) in [6, 6.07) is -4.73. The molecule has 0 aromatic carbocycles. The average Bonchev–Trinajstić information content (AvgIpc) is 3.63. The molecule has 45 heavy (non-hydrogen) atoms. The largest absolute Gasteiger partial charge is 0.481 e. The van der Waals surface area contributed by atoms with Crippen LogP contribution in [0.3, 0.4) is 0 Å². The summed E-state index contributed by atoms with van der Waals surface area (Å²) in [5.74, 6) is -3.76. The highest BCUT2D eigenvalue weighted by molar-refractivity contribution is 6.05. The maximum atomic E-state index is 14.1. The lowest BCUT2D eigenvalue weighted by molar-refractivity contribution is -0.141. The fourth-order valence-electron chi connectivity index (χ4n) is 5.40. The fourth-order valence-corrected chi connectivity index (χ4v) is 5.40. The van der Waals surface area contributed by atoms with Crippen molar-refractivity contribution in [3.8, 4) is 0 Å². The highest BCUT2D eigenvalue weighted by Crippen LogP contribution is 2.29. The van der Waals surface area contributed by atoms with Crippen molar-refractivity contribution in [2.24, 2.45) is 5.92 Å². The summed E-state index contributed by atoms with van der Waals surface area (Å²) >= 11 is 0. The Labute approximate surface area is 261 Å². The van der Waals surface area contributed by atoms with E-state index in [1.807, 2.05) is 6.92 Å². The van der Waals surface area contributed by atoms with E-state index < -0.39 is 71.9 Å². The van der Waals surface area contributed by atoms with Gasteiger partial charge in [0, 0.05) is 12.5 Å². The van der Waals surface area contributed by atoms with Crippen molar-refractivity contribution < 1.29 is 38.6 Å². The Balaban J connectivity index is 1.88. The number of carboxylic acids is 1. The van der Waals surface area contributed by atoms with Crippen LogP contribution in [0, 0.1) is 5.92 Å². The number of ether oxygens (including phenoxy) is 1. The molecule has 3 rings (SSSR count). The Hall–Kier alpha value is -4.31. The van der Waals surface area contributed by atoms with Crippen molar-refractivity contribution in [2.45, 2.75) is 122 Å². The second kappa shape index (κ2) is 15.6. The maximum Gasteiger partial charge on any atom is 0.408 e. The molecule has 0 spiro atoms. The minimum Gasteiger partial charge on any atom is -0.481 e. The molecule has 1 aliphatic heterocycles. The van der Waals surface area contributed by atoms with E-state index in [0.29, 0.717) is 6.42 Å². The third kappa shape index (κ3) is 9.84. The molecule has 2 aliphatic rings. The highest BCUT2D eigenvalue weighted by atomic mass is 16.6. The SMILES string of the molecule is CC[C@H](C)[C@H](NC(=O)OC(C)(C)C)C(=O)NC(CCC(=O)O)C(=O)N1C(=O)N(C2CCCCC2)CC1C(=O)NCc1nn[nH]n1. The van der Waals surface area contributed by atoms with Gasteiger partial charge in [0.2, 0.25) is 11.8 Å². The number of nitrogens with zero attached hydrogens (tertiary/aromatic N) is 5. The predicted octanol–water partition coefficient (Wildman–Crippen LogP) is 1.07. The number of amides is 6. The van der Waals surface area contributed by atoms with Gasteiger partial charge in [0.25, 0.3) is 5.91 Å². The lowest BCUT2D eigenvalue weighted by Crippen LogP contribution is -2.59. The van der Waals surface area contributed by atoms with Crippen molar-refractivity contribution in [1.29, 1.82) is 0 Å². The van der Waals surface area contributed by atoms with Crippen LogP contribution >= 0.6 is 0 Å². The van der Waals surface area contributed by atoms with Gasteiger partial charge in [0.15, 0.2) is 5.82 Å². The molecule has 1 aromatic rings. The zero-order valence-electron chi connectivity index (χ0n) is 26.5. The normalized spacial score (nSPS) is 19.4. The fraction of sp³-hybridized carbons (Fsp3) is 0.750. The number of aliphatic carboxylic acids is 1. The summed E-state index contributed by atoms with van der Waals surface area (Å²) in [6.45, 7) is 8.37. The minimum atomic E-state index is -1.48. The number of hydrogen-bond acceptors (Lipinski definition) is 10. The van der Waals surface area contributed by atoms with Crippen LogP contribution in [0.2, 0.25) is 0 Å². The van der Waals surface area contributed by atoms with Crippen LogP contribution in [-0.4, -0.2) is 108 Å². The lowest BCUT2D eigenvalue weighted by atomic mass is 9.94. The molecular formula is C28H45N9O8. The molecule has 5 N–H and O–H groups in total. The van der Waals surface area contributed by atoms with Gasteiger partial charge >= 0.3 is 18.1 Å². The number of carbonyl (C=O) groups is 6. The van der Waals surface area contributed by atoms with Gasteiger partial charge in [-0.15, -0.1) is 10.2 Å². The van der Waals surface area contributed by atoms with E-state index in [0.717, 1.165) is 37.0 Å². The number of carbonyl (C=O) groups excluding carboxylic acids is 5. The summed E-state index contributed by atoms with van der Waals surface area (Å²) in [5, 5.41) is 30.4. The molecule has 1 aromatic heterocycles. The number of carboxylic acid groups (broad SMARTS) is 1. The lowest BCUT2D eigenvalue weighted by Gasteiger charge is -2.31. The summed E-state index contributed by atoms with van der Waals surface area (Å²) < 4.78 is 5.31. The van der Waals surface area contributed by atoms with Crippen molar-refractivity contribution in [1.82, 2.24) is 46.4 Å². The van der Waals surface area contributed by atoms with E-state index in [4.69, 9.17) is 4.74 Å². The van der Waals surface area contributed by atoms with Crippen LogP contribution in [0.1, 0.15) is 91.8 Å². The van der Waals surface area contributed by atoms with Crippen LogP contribution in [0.4, 0.5) is 9.59 Å². The van der Waals surface area contributed by atoms with Gasteiger partial charge in [-0.2, -0.15) is 5.21 Å². The third-order valence-corrected chi connectivity index (χ3v) is 7.93. The van der Waals surface area contributed by atoms with Gasteiger partial charge in [0.1, 0.15) is 23.7 Å². The molecule has 2 fully saturated rings. The second-order valence-electron chi connectivity index (χ2n) is 12.5. The highest BCUT2D eigenvalue weighted by Gasteiger charge is 2.49. The quantitative estimate of drug-likeness (QED) is 0.206. The van der Waals surface area contributed by atoms with Crippen LogP contribution in [-0.2, 0) is 30.5 Å². The van der Waals surface area contributed by atoms with Crippen molar-refractivity contribution in [2.75, 3.05) is 6.54 Å². The topological polar surface area (TPSA) is 229 Å². The van der Waals surface area contributed by atoms with Gasteiger partial charge in [-0.05, 0) is 46.0 Å². The molecular weight excluding hydrogens is 590 g/mol. The van der Waals surface area contributed by atoms with Gasteiger partial charge in [-0.3, -0.25) is 19.2 Å².